The first-order valence-corrected chi connectivity index (χ1v) is 9.25. The van der Waals surface area contributed by atoms with Crippen molar-refractivity contribution in [2.24, 2.45) is 0 Å². The summed E-state index contributed by atoms with van der Waals surface area (Å²) in [5.74, 6) is -0.880. The molecule has 0 aliphatic rings. The molecule has 2 rings (SSSR count). The second-order valence-electron chi connectivity index (χ2n) is 6.04. The van der Waals surface area contributed by atoms with Crippen molar-refractivity contribution in [1.29, 1.82) is 0 Å². The zero-order chi connectivity index (χ0) is 20.7. The van der Waals surface area contributed by atoms with Gasteiger partial charge in [0.25, 0.3) is 5.69 Å². The van der Waals surface area contributed by atoms with Gasteiger partial charge in [0.2, 0.25) is 5.91 Å². The molecule has 0 atom stereocenters. The van der Waals surface area contributed by atoms with E-state index in [9.17, 15) is 19.7 Å². The third-order valence-corrected chi connectivity index (χ3v) is 4.24. The summed E-state index contributed by atoms with van der Waals surface area (Å²) in [7, 11) is 0. The van der Waals surface area contributed by atoms with Crippen LogP contribution in [0.3, 0.4) is 0 Å². The Morgan fingerprint density at radius 3 is 2.39 bits per heavy atom. The summed E-state index contributed by atoms with van der Waals surface area (Å²) in [5.41, 5.74) is 0.702. The molecule has 2 aromatic carbocycles. The van der Waals surface area contributed by atoms with Gasteiger partial charge in [-0.25, -0.2) is 4.79 Å². The number of nitro benzene ring substituents is 1. The lowest BCUT2D eigenvalue weighted by Crippen LogP contribution is -2.31. The maximum absolute atomic E-state index is 12.8. The van der Waals surface area contributed by atoms with Crippen LogP contribution in [0.1, 0.15) is 42.6 Å². The summed E-state index contributed by atoms with van der Waals surface area (Å²) in [4.78, 5) is 37.1. The standard InChI is InChI=1S/C20H21ClN2O5/c1-3-5-19(24)22(13-14-6-9-16(21)10-7-14)18-12-15(20(25)28-4-2)8-11-17(18)23(26)27/h6-12H,3-5,13H2,1-2H3. The molecule has 0 saturated carbocycles. The Balaban J connectivity index is 2.53. The molecule has 148 valence electrons. The first kappa shape index (κ1) is 21.4. The number of carbonyl (C=O) groups excluding carboxylic acids is 2. The number of hydrogen-bond donors (Lipinski definition) is 0. The molecule has 0 spiro atoms. The number of rotatable bonds is 8. The van der Waals surface area contributed by atoms with Crippen LogP contribution in [0.25, 0.3) is 0 Å². The van der Waals surface area contributed by atoms with Crippen LogP contribution in [-0.4, -0.2) is 23.4 Å². The van der Waals surface area contributed by atoms with Gasteiger partial charge in [0.05, 0.1) is 23.6 Å². The lowest BCUT2D eigenvalue weighted by molar-refractivity contribution is -0.384. The lowest BCUT2D eigenvalue weighted by Gasteiger charge is -2.23. The highest BCUT2D eigenvalue weighted by atomic mass is 35.5. The molecule has 2 aromatic rings. The molecule has 0 heterocycles. The Morgan fingerprint density at radius 2 is 1.82 bits per heavy atom. The SMILES string of the molecule is CCCC(=O)N(Cc1ccc(Cl)cc1)c1cc(C(=O)OCC)ccc1[N+](=O)[O-]. The van der Waals surface area contributed by atoms with Crippen molar-refractivity contribution in [2.45, 2.75) is 33.2 Å². The Kier molecular flexibility index (Phi) is 7.52. The van der Waals surface area contributed by atoms with Crippen molar-refractivity contribution in [2.75, 3.05) is 11.5 Å². The van der Waals surface area contributed by atoms with Crippen molar-refractivity contribution < 1.29 is 19.2 Å². The Hall–Kier alpha value is -2.93. The fourth-order valence-electron chi connectivity index (χ4n) is 2.66. The van der Waals surface area contributed by atoms with Gasteiger partial charge in [-0.2, -0.15) is 0 Å². The third-order valence-electron chi connectivity index (χ3n) is 3.99. The number of nitrogens with zero attached hydrogens (tertiary/aromatic N) is 2. The van der Waals surface area contributed by atoms with Gasteiger partial charge >= 0.3 is 5.97 Å². The van der Waals surface area contributed by atoms with Crippen LogP contribution in [-0.2, 0) is 16.1 Å². The molecule has 0 N–H and O–H groups in total. The van der Waals surface area contributed by atoms with E-state index in [1.54, 1.807) is 31.2 Å². The van der Waals surface area contributed by atoms with Gasteiger partial charge in [-0.3, -0.25) is 14.9 Å². The normalized spacial score (nSPS) is 10.4. The predicted molar refractivity (Wildman–Crippen MR) is 107 cm³/mol. The Bertz CT molecular complexity index is 867. The maximum atomic E-state index is 12.8. The summed E-state index contributed by atoms with van der Waals surface area (Å²) < 4.78 is 4.98. The fraction of sp³-hybridized carbons (Fsp3) is 0.300. The van der Waals surface area contributed by atoms with E-state index in [0.29, 0.717) is 11.4 Å². The average molecular weight is 405 g/mol. The van der Waals surface area contributed by atoms with Crippen molar-refractivity contribution in [3.8, 4) is 0 Å². The number of amides is 1. The molecule has 0 unspecified atom stereocenters. The molecule has 1 amide bonds. The number of benzene rings is 2. The maximum Gasteiger partial charge on any atom is 0.338 e. The van der Waals surface area contributed by atoms with Crippen LogP contribution in [0.4, 0.5) is 11.4 Å². The van der Waals surface area contributed by atoms with Crippen LogP contribution >= 0.6 is 11.6 Å². The van der Waals surface area contributed by atoms with E-state index in [1.807, 2.05) is 6.92 Å². The topological polar surface area (TPSA) is 89.8 Å². The summed E-state index contributed by atoms with van der Waals surface area (Å²) >= 11 is 5.91. The monoisotopic (exact) mass is 404 g/mol. The minimum atomic E-state index is -0.604. The van der Waals surface area contributed by atoms with E-state index in [4.69, 9.17) is 16.3 Å². The largest absolute Gasteiger partial charge is 0.462 e. The van der Waals surface area contributed by atoms with Gasteiger partial charge in [-0.05, 0) is 43.2 Å². The molecular weight excluding hydrogens is 384 g/mol. The summed E-state index contributed by atoms with van der Waals surface area (Å²) in [5, 5.41) is 12.1. The third kappa shape index (κ3) is 5.29. The second-order valence-corrected chi connectivity index (χ2v) is 6.47. The van der Waals surface area contributed by atoms with Crippen LogP contribution < -0.4 is 4.90 Å². The molecule has 0 fully saturated rings. The van der Waals surface area contributed by atoms with E-state index in [-0.39, 0.29) is 42.4 Å². The zero-order valence-corrected chi connectivity index (χ0v) is 16.4. The molecule has 0 saturated heterocycles. The average Bonchev–Trinajstić information content (AvgIpc) is 2.67. The second kappa shape index (κ2) is 9.85. The van der Waals surface area contributed by atoms with Gasteiger partial charge < -0.3 is 9.64 Å². The zero-order valence-electron chi connectivity index (χ0n) is 15.7. The van der Waals surface area contributed by atoms with Crippen LogP contribution in [0.15, 0.2) is 42.5 Å². The van der Waals surface area contributed by atoms with E-state index in [2.05, 4.69) is 0 Å². The van der Waals surface area contributed by atoms with Crippen LogP contribution in [0.5, 0.6) is 0 Å². The summed E-state index contributed by atoms with van der Waals surface area (Å²) in [6, 6.07) is 10.7. The van der Waals surface area contributed by atoms with Crippen molar-refractivity contribution >= 4 is 34.9 Å². The highest BCUT2D eigenvalue weighted by Gasteiger charge is 2.26. The highest BCUT2D eigenvalue weighted by Crippen LogP contribution is 2.32. The first-order valence-electron chi connectivity index (χ1n) is 8.87. The first-order chi connectivity index (χ1) is 13.4. The van der Waals surface area contributed by atoms with E-state index < -0.39 is 10.9 Å². The van der Waals surface area contributed by atoms with Crippen molar-refractivity contribution in [3.05, 3.63) is 68.7 Å². The highest BCUT2D eigenvalue weighted by molar-refractivity contribution is 6.30. The number of hydrogen-bond acceptors (Lipinski definition) is 5. The fourth-order valence-corrected chi connectivity index (χ4v) is 2.79. The molecule has 0 aliphatic carbocycles. The number of esters is 1. The van der Waals surface area contributed by atoms with Gasteiger partial charge in [0.1, 0.15) is 5.69 Å². The van der Waals surface area contributed by atoms with Gasteiger partial charge in [-0.1, -0.05) is 30.7 Å². The number of halogens is 1. The molecule has 0 radical (unpaired) electrons. The van der Waals surface area contributed by atoms with E-state index in [1.165, 1.54) is 23.1 Å². The molecule has 8 heteroatoms. The van der Waals surface area contributed by atoms with Crippen molar-refractivity contribution in [1.82, 2.24) is 0 Å². The molecule has 0 aromatic heterocycles. The smallest absolute Gasteiger partial charge is 0.338 e. The number of ether oxygens (including phenoxy) is 1. The Labute approximate surface area is 168 Å². The number of anilines is 1. The lowest BCUT2D eigenvalue weighted by atomic mass is 10.1. The van der Waals surface area contributed by atoms with Crippen LogP contribution in [0.2, 0.25) is 5.02 Å². The minimum Gasteiger partial charge on any atom is -0.462 e. The van der Waals surface area contributed by atoms with E-state index >= 15 is 0 Å². The molecule has 7 nitrogen and oxygen atoms in total. The van der Waals surface area contributed by atoms with Crippen LogP contribution in [0, 0.1) is 10.1 Å². The molecule has 0 bridgehead atoms. The Morgan fingerprint density at radius 1 is 1.14 bits per heavy atom. The molecule has 0 aliphatic heterocycles. The van der Waals surface area contributed by atoms with Gasteiger partial charge in [0, 0.05) is 17.5 Å². The van der Waals surface area contributed by atoms with Gasteiger partial charge in [0.15, 0.2) is 0 Å². The quantitative estimate of drug-likeness (QED) is 0.359. The minimum absolute atomic E-state index is 0.0592. The predicted octanol–water partition coefficient (Wildman–Crippen LogP) is 4.76. The number of carbonyl (C=O) groups is 2. The molecule has 28 heavy (non-hydrogen) atoms. The summed E-state index contributed by atoms with van der Waals surface area (Å²) in [6.07, 6.45) is 0.801. The molecular formula is C20H21ClN2O5. The van der Waals surface area contributed by atoms with Crippen molar-refractivity contribution in [3.63, 3.8) is 0 Å². The summed E-state index contributed by atoms with van der Waals surface area (Å²) in [6.45, 7) is 3.81. The number of nitro groups is 1. The van der Waals surface area contributed by atoms with E-state index in [0.717, 1.165) is 5.56 Å². The van der Waals surface area contributed by atoms with Gasteiger partial charge in [-0.15, -0.1) is 0 Å².